The van der Waals surface area contributed by atoms with Gasteiger partial charge < -0.3 is 10.6 Å². The first kappa shape index (κ1) is 17.6. The molecule has 3 rings (SSSR count). The minimum Gasteiger partial charge on any atom is -0.364 e. The average molecular weight is 346 g/mol. The van der Waals surface area contributed by atoms with Crippen molar-refractivity contribution in [2.45, 2.75) is 27.3 Å². The van der Waals surface area contributed by atoms with Crippen molar-refractivity contribution in [2.75, 3.05) is 10.6 Å². The molecule has 0 saturated carbocycles. The number of nitrogens with zero attached hydrogens (tertiary/aromatic N) is 2. The van der Waals surface area contributed by atoms with Gasteiger partial charge in [-0.15, -0.1) is 10.2 Å². The SMILES string of the molecule is Cc1ccc(NC(=O)c2ccc(NCc3ccccc3C)nn2)c(C)c1. The summed E-state index contributed by atoms with van der Waals surface area (Å²) in [5.41, 5.74) is 5.66. The molecule has 26 heavy (non-hydrogen) atoms. The molecule has 0 radical (unpaired) electrons. The van der Waals surface area contributed by atoms with Crippen LogP contribution in [0.2, 0.25) is 0 Å². The zero-order chi connectivity index (χ0) is 18.5. The Kier molecular flexibility index (Phi) is 5.27. The van der Waals surface area contributed by atoms with Crippen molar-refractivity contribution in [3.63, 3.8) is 0 Å². The molecular weight excluding hydrogens is 324 g/mol. The van der Waals surface area contributed by atoms with Gasteiger partial charge >= 0.3 is 0 Å². The Bertz CT molecular complexity index is 920. The van der Waals surface area contributed by atoms with Crippen LogP contribution in [0.25, 0.3) is 0 Å². The Morgan fingerprint density at radius 1 is 0.923 bits per heavy atom. The number of benzene rings is 2. The summed E-state index contributed by atoms with van der Waals surface area (Å²) in [4.78, 5) is 12.4. The second-order valence-electron chi connectivity index (χ2n) is 6.36. The third-order valence-corrected chi connectivity index (χ3v) is 4.25. The maximum absolute atomic E-state index is 12.4. The molecule has 0 saturated heterocycles. The summed E-state index contributed by atoms with van der Waals surface area (Å²) in [6, 6.07) is 17.5. The number of carbonyl (C=O) groups is 1. The van der Waals surface area contributed by atoms with E-state index >= 15 is 0 Å². The van der Waals surface area contributed by atoms with Gasteiger partial charge in [0, 0.05) is 12.2 Å². The molecule has 0 spiro atoms. The van der Waals surface area contributed by atoms with E-state index in [0.29, 0.717) is 12.4 Å². The van der Waals surface area contributed by atoms with E-state index in [4.69, 9.17) is 0 Å². The first-order chi connectivity index (χ1) is 12.5. The lowest BCUT2D eigenvalue weighted by molar-refractivity contribution is 0.102. The Morgan fingerprint density at radius 2 is 1.73 bits per heavy atom. The molecule has 5 nitrogen and oxygen atoms in total. The summed E-state index contributed by atoms with van der Waals surface area (Å²) in [6.07, 6.45) is 0. The lowest BCUT2D eigenvalue weighted by Crippen LogP contribution is -2.15. The van der Waals surface area contributed by atoms with E-state index in [1.165, 1.54) is 11.1 Å². The molecule has 0 unspecified atom stereocenters. The fourth-order valence-corrected chi connectivity index (χ4v) is 2.68. The standard InChI is InChI=1S/C21H22N4O/c1-14-8-9-18(16(3)12-14)23-21(26)19-10-11-20(25-24-19)22-13-17-7-5-4-6-15(17)2/h4-12H,13H2,1-3H3,(H,22,25)(H,23,26). The fourth-order valence-electron chi connectivity index (χ4n) is 2.68. The number of rotatable bonds is 5. The van der Waals surface area contributed by atoms with Crippen molar-refractivity contribution in [3.05, 3.63) is 82.5 Å². The molecular formula is C21H22N4O. The molecule has 1 aromatic heterocycles. The molecule has 0 aliphatic heterocycles. The predicted octanol–water partition coefficient (Wildman–Crippen LogP) is 4.27. The van der Waals surface area contributed by atoms with E-state index in [-0.39, 0.29) is 11.6 Å². The highest BCUT2D eigenvalue weighted by molar-refractivity contribution is 6.03. The Hall–Kier alpha value is -3.21. The number of carbonyl (C=O) groups excluding carboxylic acids is 1. The van der Waals surface area contributed by atoms with Crippen LogP contribution in [0.5, 0.6) is 0 Å². The number of aromatic nitrogens is 2. The minimum atomic E-state index is -0.269. The Labute approximate surface area is 153 Å². The van der Waals surface area contributed by atoms with Gasteiger partial charge in [0.2, 0.25) is 0 Å². The van der Waals surface area contributed by atoms with E-state index in [9.17, 15) is 4.79 Å². The molecule has 0 aliphatic carbocycles. The Morgan fingerprint density at radius 3 is 2.42 bits per heavy atom. The first-order valence-corrected chi connectivity index (χ1v) is 8.53. The molecule has 1 heterocycles. The summed E-state index contributed by atoms with van der Waals surface area (Å²) in [5, 5.41) is 14.2. The van der Waals surface area contributed by atoms with Gasteiger partial charge in [-0.2, -0.15) is 0 Å². The number of hydrogen-bond donors (Lipinski definition) is 2. The van der Waals surface area contributed by atoms with Gasteiger partial charge in [0.05, 0.1) is 0 Å². The van der Waals surface area contributed by atoms with Gasteiger partial charge in [0.1, 0.15) is 5.82 Å². The fraction of sp³-hybridized carbons (Fsp3) is 0.190. The second-order valence-corrected chi connectivity index (χ2v) is 6.36. The number of nitrogens with one attached hydrogen (secondary N) is 2. The minimum absolute atomic E-state index is 0.269. The largest absolute Gasteiger partial charge is 0.364 e. The van der Waals surface area contributed by atoms with Gasteiger partial charge in [-0.05, 0) is 55.7 Å². The van der Waals surface area contributed by atoms with Crippen LogP contribution in [0.4, 0.5) is 11.5 Å². The van der Waals surface area contributed by atoms with E-state index in [0.717, 1.165) is 16.8 Å². The van der Waals surface area contributed by atoms with Crippen LogP contribution in [0.1, 0.15) is 32.7 Å². The molecule has 5 heteroatoms. The van der Waals surface area contributed by atoms with Crippen LogP contribution in [0.3, 0.4) is 0 Å². The first-order valence-electron chi connectivity index (χ1n) is 8.53. The van der Waals surface area contributed by atoms with Crippen LogP contribution in [0.15, 0.2) is 54.6 Å². The van der Waals surface area contributed by atoms with Gasteiger partial charge in [-0.3, -0.25) is 4.79 Å². The van der Waals surface area contributed by atoms with Gasteiger partial charge in [-0.25, -0.2) is 0 Å². The third-order valence-electron chi connectivity index (χ3n) is 4.25. The van der Waals surface area contributed by atoms with E-state index in [1.807, 2.05) is 44.2 Å². The van der Waals surface area contributed by atoms with Gasteiger partial charge in [-0.1, -0.05) is 42.0 Å². The highest BCUT2D eigenvalue weighted by Gasteiger charge is 2.10. The van der Waals surface area contributed by atoms with Crippen molar-refractivity contribution in [3.8, 4) is 0 Å². The lowest BCUT2D eigenvalue weighted by Gasteiger charge is -2.10. The van der Waals surface area contributed by atoms with E-state index in [2.05, 4.69) is 39.9 Å². The van der Waals surface area contributed by atoms with Crippen molar-refractivity contribution >= 4 is 17.4 Å². The summed E-state index contributed by atoms with van der Waals surface area (Å²) >= 11 is 0. The van der Waals surface area contributed by atoms with Crippen LogP contribution in [0, 0.1) is 20.8 Å². The molecule has 132 valence electrons. The maximum atomic E-state index is 12.4. The number of aryl methyl sites for hydroxylation is 3. The molecule has 0 fully saturated rings. The topological polar surface area (TPSA) is 66.9 Å². The van der Waals surface area contributed by atoms with Gasteiger partial charge in [0.15, 0.2) is 5.69 Å². The molecule has 2 aromatic carbocycles. The Balaban J connectivity index is 1.63. The third kappa shape index (κ3) is 4.25. The highest BCUT2D eigenvalue weighted by atomic mass is 16.1. The molecule has 0 aliphatic rings. The smallest absolute Gasteiger partial charge is 0.276 e. The van der Waals surface area contributed by atoms with Crippen molar-refractivity contribution in [2.24, 2.45) is 0 Å². The quantitative estimate of drug-likeness (QED) is 0.724. The van der Waals surface area contributed by atoms with Crippen LogP contribution >= 0.6 is 0 Å². The summed E-state index contributed by atoms with van der Waals surface area (Å²) in [5.74, 6) is 0.367. The van der Waals surface area contributed by atoms with Crippen LogP contribution in [-0.2, 0) is 6.54 Å². The maximum Gasteiger partial charge on any atom is 0.276 e. The number of amides is 1. The van der Waals surface area contributed by atoms with E-state index < -0.39 is 0 Å². The van der Waals surface area contributed by atoms with Crippen molar-refractivity contribution < 1.29 is 4.79 Å². The second kappa shape index (κ2) is 7.78. The zero-order valence-electron chi connectivity index (χ0n) is 15.2. The molecule has 2 N–H and O–H groups in total. The highest BCUT2D eigenvalue weighted by Crippen LogP contribution is 2.17. The molecule has 0 bridgehead atoms. The monoisotopic (exact) mass is 346 g/mol. The number of hydrogen-bond acceptors (Lipinski definition) is 4. The number of anilines is 2. The summed E-state index contributed by atoms with van der Waals surface area (Å²) in [6.45, 7) is 6.72. The predicted molar refractivity (Wildman–Crippen MR) is 104 cm³/mol. The van der Waals surface area contributed by atoms with Crippen molar-refractivity contribution in [1.29, 1.82) is 0 Å². The zero-order valence-corrected chi connectivity index (χ0v) is 15.2. The van der Waals surface area contributed by atoms with Crippen LogP contribution in [-0.4, -0.2) is 16.1 Å². The van der Waals surface area contributed by atoms with E-state index in [1.54, 1.807) is 12.1 Å². The normalized spacial score (nSPS) is 10.4. The summed E-state index contributed by atoms with van der Waals surface area (Å²) in [7, 11) is 0. The van der Waals surface area contributed by atoms with Gasteiger partial charge in [0.25, 0.3) is 5.91 Å². The summed E-state index contributed by atoms with van der Waals surface area (Å²) < 4.78 is 0. The lowest BCUT2D eigenvalue weighted by atomic mass is 10.1. The van der Waals surface area contributed by atoms with Crippen LogP contribution < -0.4 is 10.6 Å². The average Bonchev–Trinajstić information content (AvgIpc) is 2.64. The molecule has 0 atom stereocenters. The molecule has 3 aromatic rings. The molecule has 1 amide bonds. The van der Waals surface area contributed by atoms with Crippen molar-refractivity contribution in [1.82, 2.24) is 10.2 Å².